The van der Waals surface area contributed by atoms with E-state index in [1.807, 2.05) is 62.4 Å². The molecule has 8 N–H and O–H groups in total. The molecule has 5 amide bonds. The largest absolute Gasteiger partial charge is 0.445 e. The molecule has 2 aromatic carbocycles. The second kappa shape index (κ2) is 20.0. The van der Waals surface area contributed by atoms with Crippen molar-refractivity contribution in [3.05, 3.63) is 77.9 Å². The Bertz CT molecular complexity index is 1370. The van der Waals surface area contributed by atoms with Crippen LogP contribution < -0.4 is 32.3 Å². The third-order valence-corrected chi connectivity index (χ3v) is 6.87. The summed E-state index contributed by atoms with van der Waals surface area (Å²) in [6.45, 7) is 7.47. The minimum absolute atomic E-state index is 0.00547. The van der Waals surface area contributed by atoms with Gasteiger partial charge in [-0.25, -0.2) is 4.79 Å². The highest BCUT2D eigenvalue weighted by Gasteiger charge is 2.31. The lowest BCUT2D eigenvalue weighted by atomic mass is 9.99. The van der Waals surface area contributed by atoms with Gasteiger partial charge in [0.2, 0.25) is 17.7 Å². The maximum atomic E-state index is 13.5. The molecule has 0 aliphatic rings. The average Bonchev–Trinajstić information content (AvgIpc) is 3.03. The standard InChI is InChI=1S/C34H47N7O6/c1-22(2)20-27(31(44)41-29(23(3)4)32(45)40-28(42)18-17-24-12-7-5-8-13-24)38-30(43)26(16-11-19-37-33(35)36)39-34(46)47-21-25-14-9-6-10-15-25/h5-10,12-15,17-18,22-23,26-27,29H,11,16,19-21H2,1-4H3,(H,38,43)(H,39,46)(H,41,44)(H4,35,36,37)(H,40,42,45)/t26-,27-,29-/m0/s1. The molecule has 254 valence electrons. The number of imide groups is 1. The Hall–Kier alpha value is -5.20. The summed E-state index contributed by atoms with van der Waals surface area (Å²) >= 11 is 0. The van der Waals surface area contributed by atoms with Crippen molar-refractivity contribution in [2.75, 3.05) is 6.54 Å². The molecule has 0 saturated carbocycles. The van der Waals surface area contributed by atoms with Gasteiger partial charge in [0.05, 0.1) is 0 Å². The van der Waals surface area contributed by atoms with Crippen LogP contribution in [0, 0.1) is 17.2 Å². The monoisotopic (exact) mass is 649 g/mol. The summed E-state index contributed by atoms with van der Waals surface area (Å²) in [4.78, 5) is 65.1. The Morgan fingerprint density at radius 2 is 1.45 bits per heavy atom. The van der Waals surface area contributed by atoms with Crippen LogP contribution in [-0.4, -0.2) is 60.4 Å². The number of amides is 5. The summed E-state index contributed by atoms with van der Waals surface area (Å²) in [5, 5.41) is 20.3. The third kappa shape index (κ3) is 15.1. The van der Waals surface area contributed by atoms with E-state index in [1.165, 1.54) is 6.08 Å². The van der Waals surface area contributed by atoms with Gasteiger partial charge in [0.15, 0.2) is 5.96 Å². The maximum Gasteiger partial charge on any atom is 0.408 e. The first-order chi connectivity index (χ1) is 22.3. The van der Waals surface area contributed by atoms with Gasteiger partial charge in [-0.05, 0) is 48.3 Å². The highest BCUT2D eigenvalue weighted by atomic mass is 16.5. The Labute approximate surface area is 276 Å². The van der Waals surface area contributed by atoms with E-state index in [0.29, 0.717) is 6.42 Å². The van der Waals surface area contributed by atoms with Gasteiger partial charge in [0, 0.05) is 12.6 Å². The summed E-state index contributed by atoms with van der Waals surface area (Å²) in [5.74, 6) is -3.21. The van der Waals surface area contributed by atoms with E-state index < -0.39 is 47.8 Å². The fourth-order valence-electron chi connectivity index (χ4n) is 4.45. The van der Waals surface area contributed by atoms with Gasteiger partial charge in [0.1, 0.15) is 24.7 Å². The number of rotatable bonds is 17. The number of carbonyl (C=O) groups excluding carboxylic acids is 5. The van der Waals surface area contributed by atoms with Crippen molar-refractivity contribution < 1.29 is 28.7 Å². The zero-order chi connectivity index (χ0) is 34.8. The summed E-state index contributed by atoms with van der Waals surface area (Å²) < 4.78 is 5.29. The Morgan fingerprint density at radius 3 is 2.04 bits per heavy atom. The molecule has 0 aromatic heterocycles. The zero-order valence-electron chi connectivity index (χ0n) is 27.4. The van der Waals surface area contributed by atoms with Crippen LogP contribution in [0.25, 0.3) is 6.08 Å². The molecule has 0 saturated heterocycles. The van der Waals surface area contributed by atoms with Crippen molar-refractivity contribution >= 4 is 41.8 Å². The minimum atomic E-state index is -1.08. The van der Waals surface area contributed by atoms with Crippen LogP contribution in [0.2, 0.25) is 0 Å². The van der Waals surface area contributed by atoms with Crippen molar-refractivity contribution in [2.24, 2.45) is 17.6 Å². The van der Waals surface area contributed by atoms with E-state index in [-0.39, 0.29) is 43.8 Å². The molecule has 0 spiro atoms. The van der Waals surface area contributed by atoms with Gasteiger partial charge < -0.3 is 31.7 Å². The van der Waals surface area contributed by atoms with Crippen LogP contribution in [-0.2, 0) is 30.5 Å². The maximum absolute atomic E-state index is 13.5. The predicted molar refractivity (Wildman–Crippen MR) is 179 cm³/mol. The number of benzene rings is 2. The van der Waals surface area contributed by atoms with Gasteiger partial charge >= 0.3 is 6.09 Å². The van der Waals surface area contributed by atoms with E-state index in [2.05, 4.69) is 26.6 Å². The SMILES string of the molecule is CC(C)C[C@H](NC(=O)[C@H](CCCNC(=N)N)NC(=O)OCc1ccccc1)C(=O)N[C@H](C(=O)NC(=O)C=Cc1ccccc1)C(C)C. The molecule has 47 heavy (non-hydrogen) atoms. The van der Waals surface area contributed by atoms with Crippen molar-refractivity contribution in [3.8, 4) is 0 Å². The summed E-state index contributed by atoms with van der Waals surface area (Å²) in [6, 6.07) is 14.9. The molecule has 2 rings (SSSR count). The molecule has 0 bridgehead atoms. The summed E-state index contributed by atoms with van der Waals surface area (Å²) in [5.41, 5.74) is 6.89. The van der Waals surface area contributed by atoms with E-state index in [0.717, 1.165) is 11.1 Å². The normalized spacial score (nSPS) is 12.9. The number of guanidine groups is 1. The first-order valence-corrected chi connectivity index (χ1v) is 15.6. The molecule has 2 aromatic rings. The molecule has 0 aliphatic carbocycles. The molecule has 0 heterocycles. The van der Waals surface area contributed by atoms with Crippen LogP contribution in [0.4, 0.5) is 4.79 Å². The second-order valence-electron chi connectivity index (χ2n) is 11.8. The summed E-state index contributed by atoms with van der Waals surface area (Å²) in [7, 11) is 0. The quantitative estimate of drug-likeness (QED) is 0.0586. The van der Waals surface area contributed by atoms with Crippen LogP contribution in [0.3, 0.4) is 0 Å². The lowest BCUT2D eigenvalue weighted by Gasteiger charge is -2.27. The van der Waals surface area contributed by atoms with E-state index in [4.69, 9.17) is 15.9 Å². The number of nitrogens with two attached hydrogens (primary N) is 1. The fraction of sp³-hybridized carbons (Fsp3) is 0.412. The first kappa shape index (κ1) is 38.0. The Morgan fingerprint density at radius 1 is 0.830 bits per heavy atom. The van der Waals surface area contributed by atoms with E-state index in [9.17, 15) is 24.0 Å². The van der Waals surface area contributed by atoms with Crippen molar-refractivity contribution in [1.29, 1.82) is 5.41 Å². The van der Waals surface area contributed by atoms with Crippen molar-refractivity contribution in [1.82, 2.24) is 26.6 Å². The van der Waals surface area contributed by atoms with Crippen LogP contribution in [0.1, 0.15) is 58.1 Å². The highest BCUT2D eigenvalue weighted by molar-refractivity contribution is 6.05. The van der Waals surface area contributed by atoms with Gasteiger partial charge in [-0.2, -0.15) is 0 Å². The van der Waals surface area contributed by atoms with Crippen LogP contribution in [0.5, 0.6) is 0 Å². The number of nitrogens with one attached hydrogen (secondary N) is 6. The molecule has 0 radical (unpaired) electrons. The predicted octanol–water partition coefficient (Wildman–Crippen LogP) is 2.57. The van der Waals surface area contributed by atoms with Gasteiger partial charge in [0.25, 0.3) is 5.91 Å². The molecule has 13 heteroatoms. The van der Waals surface area contributed by atoms with E-state index >= 15 is 0 Å². The second-order valence-corrected chi connectivity index (χ2v) is 11.8. The van der Waals surface area contributed by atoms with Crippen molar-refractivity contribution in [2.45, 2.75) is 71.7 Å². The third-order valence-electron chi connectivity index (χ3n) is 6.87. The molecule has 0 unspecified atom stereocenters. The molecule has 0 aliphatic heterocycles. The van der Waals surface area contributed by atoms with Gasteiger partial charge in [-0.3, -0.25) is 29.9 Å². The van der Waals surface area contributed by atoms with Gasteiger partial charge in [-0.15, -0.1) is 0 Å². The number of hydrogen-bond acceptors (Lipinski definition) is 7. The average molecular weight is 650 g/mol. The lowest BCUT2D eigenvalue weighted by Crippen LogP contribution is -2.58. The number of ether oxygens (including phenoxy) is 1. The Balaban J connectivity index is 2.11. The lowest BCUT2D eigenvalue weighted by molar-refractivity contribution is -0.135. The van der Waals surface area contributed by atoms with E-state index in [1.54, 1.807) is 32.1 Å². The number of alkyl carbamates (subject to hydrolysis) is 1. The molecule has 0 fully saturated rings. The van der Waals surface area contributed by atoms with Crippen LogP contribution >= 0.6 is 0 Å². The zero-order valence-corrected chi connectivity index (χ0v) is 27.4. The molecular weight excluding hydrogens is 602 g/mol. The minimum Gasteiger partial charge on any atom is -0.445 e. The molecule has 3 atom stereocenters. The fourth-order valence-corrected chi connectivity index (χ4v) is 4.45. The van der Waals surface area contributed by atoms with Gasteiger partial charge in [-0.1, -0.05) is 88.4 Å². The molecule has 13 nitrogen and oxygen atoms in total. The topological polar surface area (TPSA) is 205 Å². The molecular formula is C34H47N7O6. The Kier molecular flexibility index (Phi) is 16.2. The smallest absolute Gasteiger partial charge is 0.408 e. The highest BCUT2D eigenvalue weighted by Crippen LogP contribution is 2.10. The number of carbonyl (C=O) groups is 5. The first-order valence-electron chi connectivity index (χ1n) is 15.6. The van der Waals surface area contributed by atoms with Crippen LogP contribution in [0.15, 0.2) is 66.7 Å². The summed E-state index contributed by atoms with van der Waals surface area (Å²) in [6.07, 6.45) is 2.73. The number of hydrogen-bond donors (Lipinski definition) is 7. The van der Waals surface area contributed by atoms with Crippen molar-refractivity contribution in [3.63, 3.8) is 0 Å².